The van der Waals surface area contributed by atoms with Crippen molar-refractivity contribution in [1.82, 2.24) is 9.80 Å². The lowest BCUT2D eigenvalue weighted by atomic mass is 10.0. The van der Waals surface area contributed by atoms with Gasteiger partial charge in [0.25, 0.3) is 0 Å². The van der Waals surface area contributed by atoms with Gasteiger partial charge in [0.2, 0.25) is 5.91 Å². The summed E-state index contributed by atoms with van der Waals surface area (Å²) in [4.78, 5) is 19.5. The van der Waals surface area contributed by atoms with Gasteiger partial charge in [-0.2, -0.15) is 11.8 Å². The Labute approximate surface area is 150 Å². The molecule has 2 fully saturated rings. The number of thioether (sulfide) groups is 1. The van der Waals surface area contributed by atoms with Crippen LogP contribution in [0.5, 0.6) is 0 Å². The molecule has 132 valence electrons. The van der Waals surface area contributed by atoms with Crippen molar-refractivity contribution in [2.75, 3.05) is 56.2 Å². The Morgan fingerprint density at radius 3 is 2.58 bits per heavy atom. The number of para-hydroxylation sites is 1. The Morgan fingerprint density at radius 2 is 1.88 bits per heavy atom. The van der Waals surface area contributed by atoms with Crippen LogP contribution >= 0.6 is 11.8 Å². The molecule has 0 aliphatic carbocycles. The summed E-state index contributed by atoms with van der Waals surface area (Å²) in [5.41, 5.74) is 1.33. The molecule has 5 heteroatoms. The molecule has 2 heterocycles. The van der Waals surface area contributed by atoms with E-state index in [0.29, 0.717) is 18.4 Å². The summed E-state index contributed by atoms with van der Waals surface area (Å²) >= 11 is 1.76. The van der Waals surface area contributed by atoms with Crippen molar-refractivity contribution in [3.05, 3.63) is 30.3 Å². The molecule has 0 spiro atoms. The number of hydrogen-bond acceptors (Lipinski definition) is 4. The molecule has 1 atom stereocenters. The lowest BCUT2D eigenvalue weighted by Crippen LogP contribution is -2.55. The topological polar surface area (TPSA) is 26.8 Å². The van der Waals surface area contributed by atoms with Gasteiger partial charge in [0.1, 0.15) is 0 Å². The Bertz CT molecular complexity index is 517. The Morgan fingerprint density at radius 1 is 1.12 bits per heavy atom. The van der Waals surface area contributed by atoms with Gasteiger partial charge in [-0.1, -0.05) is 18.2 Å². The normalized spacial score (nSPS) is 22.6. The highest BCUT2D eigenvalue weighted by atomic mass is 32.2. The molecule has 2 aliphatic heterocycles. The molecule has 0 bridgehead atoms. The van der Waals surface area contributed by atoms with Crippen molar-refractivity contribution < 1.29 is 4.79 Å². The Kier molecular flexibility index (Phi) is 6.44. The third kappa shape index (κ3) is 4.45. The quantitative estimate of drug-likeness (QED) is 0.818. The second kappa shape index (κ2) is 8.77. The van der Waals surface area contributed by atoms with Gasteiger partial charge >= 0.3 is 0 Å². The fourth-order valence-corrected chi connectivity index (χ4v) is 4.19. The zero-order chi connectivity index (χ0) is 16.8. The van der Waals surface area contributed by atoms with Crippen LogP contribution in [0.4, 0.5) is 5.69 Å². The molecular formula is C19H29N3OS. The highest BCUT2D eigenvalue weighted by molar-refractivity contribution is 7.98. The minimum Gasteiger partial charge on any atom is -0.369 e. The first-order valence-electron chi connectivity index (χ1n) is 9.08. The third-order valence-electron chi connectivity index (χ3n) is 5.22. The molecule has 0 aromatic heterocycles. The molecule has 3 rings (SSSR count). The first-order chi connectivity index (χ1) is 11.8. The standard InChI is InChI=1S/C19H29N3OS/c1-24-15-9-19(23)22-10-5-8-18(16-22)21-13-11-20(12-14-21)17-6-3-2-4-7-17/h2-4,6-7,18H,5,8-16H2,1H3. The van der Waals surface area contributed by atoms with E-state index in [1.165, 1.54) is 12.1 Å². The van der Waals surface area contributed by atoms with Gasteiger partial charge in [-0.15, -0.1) is 0 Å². The van der Waals surface area contributed by atoms with E-state index in [-0.39, 0.29) is 0 Å². The molecule has 1 aromatic carbocycles. The fraction of sp³-hybridized carbons (Fsp3) is 0.632. The first kappa shape index (κ1) is 17.6. The van der Waals surface area contributed by atoms with Gasteiger partial charge in [0, 0.05) is 63.2 Å². The maximum atomic E-state index is 12.3. The molecule has 1 amide bonds. The molecule has 4 nitrogen and oxygen atoms in total. The summed E-state index contributed by atoms with van der Waals surface area (Å²) in [7, 11) is 0. The SMILES string of the molecule is CSCCC(=O)N1CCCC(N2CCN(c3ccccc3)CC2)C1. The number of hydrogen-bond donors (Lipinski definition) is 0. The zero-order valence-electron chi connectivity index (χ0n) is 14.7. The summed E-state index contributed by atoms with van der Waals surface area (Å²) in [6.45, 7) is 6.26. The molecule has 2 saturated heterocycles. The zero-order valence-corrected chi connectivity index (χ0v) is 15.5. The highest BCUT2D eigenvalue weighted by Gasteiger charge is 2.29. The molecule has 1 unspecified atom stereocenters. The number of carbonyl (C=O) groups excluding carboxylic acids is 1. The summed E-state index contributed by atoms with van der Waals surface area (Å²) in [6.07, 6.45) is 5.14. The largest absolute Gasteiger partial charge is 0.369 e. The molecule has 0 N–H and O–H groups in total. The monoisotopic (exact) mass is 347 g/mol. The van der Waals surface area contributed by atoms with E-state index in [2.05, 4.69) is 51.3 Å². The molecule has 2 aliphatic rings. The molecule has 0 radical (unpaired) electrons. The number of nitrogens with zero attached hydrogens (tertiary/aromatic N) is 3. The van der Waals surface area contributed by atoms with Crippen LogP contribution in [0.15, 0.2) is 30.3 Å². The fourth-order valence-electron chi connectivity index (χ4n) is 3.81. The van der Waals surface area contributed by atoms with Crippen LogP contribution < -0.4 is 4.90 Å². The number of carbonyl (C=O) groups is 1. The molecular weight excluding hydrogens is 318 g/mol. The highest BCUT2D eigenvalue weighted by Crippen LogP contribution is 2.21. The third-order valence-corrected chi connectivity index (χ3v) is 5.83. The Balaban J connectivity index is 1.50. The van der Waals surface area contributed by atoms with Crippen molar-refractivity contribution in [1.29, 1.82) is 0 Å². The summed E-state index contributed by atoms with van der Waals surface area (Å²) in [6, 6.07) is 11.2. The van der Waals surface area contributed by atoms with Crippen LogP contribution in [0.3, 0.4) is 0 Å². The van der Waals surface area contributed by atoms with E-state index < -0.39 is 0 Å². The van der Waals surface area contributed by atoms with Crippen LogP contribution in [0.2, 0.25) is 0 Å². The smallest absolute Gasteiger partial charge is 0.223 e. The van der Waals surface area contributed by atoms with Crippen LogP contribution in [0.25, 0.3) is 0 Å². The van der Waals surface area contributed by atoms with E-state index in [1.807, 2.05) is 0 Å². The van der Waals surface area contributed by atoms with Gasteiger partial charge < -0.3 is 9.80 Å². The van der Waals surface area contributed by atoms with Crippen LogP contribution in [0.1, 0.15) is 19.3 Å². The number of anilines is 1. The predicted molar refractivity (Wildman–Crippen MR) is 103 cm³/mol. The lowest BCUT2D eigenvalue weighted by Gasteiger charge is -2.44. The van der Waals surface area contributed by atoms with Gasteiger partial charge in [0.05, 0.1) is 0 Å². The number of rotatable bonds is 5. The average Bonchev–Trinajstić information content (AvgIpc) is 2.67. The van der Waals surface area contributed by atoms with Crippen LogP contribution in [-0.4, -0.2) is 73.0 Å². The minimum absolute atomic E-state index is 0.344. The van der Waals surface area contributed by atoms with E-state index in [0.717, 1.165) is 51.4 Å². The Hall–Kier alpha value is -1.20. The predicted octanol–water partition coefficient (Wildman–Crippen LogP) is 2.55. The van der Waals surface area contributed by atoms with Crippen LogP contribution in [0, 0.1) is 0 Å². The maximum absolute atomic E-state index is 12.3. The van der Waals surface area contributed by atoms with E-state index in [4.69, 9.17) is 0 Å². The van der Waals surface area contributed by atoms with Crippen molar-refractivity contribution in [3.8, 4) is 0 Å². The first-order valence-corrected chi connectivity index (χ1v) is 10.5. The molecule has 0 saturated carbocycles. The van der Waals surface area contributed by atoms with E-state index >= 15 is 0 Å². The van der Waals surface area contributed by atoms with Gasteiger partial charge in [-0.3, -0.25) is 9.69 Å². The second-order valence-electron chi connectivity index (χ2n) is 6.74. The number of likely N-dealkylation sites (tertiary alicyclic amines) is 1. The van der Waals surface area contributed by atoms with Crippen molar-refractivity contribution in [2.24, 2.45) is 0 Å². The van der Waals surface area contributed by atoms with Gasteiger partial charge in [-0.05, 0) is 31.2 Å². The van der Waals surface area contributed by atoms with Gasteiger partial charge in [-0.25, -0.2) is 0 Å². The number of benzene rings is 1. The summed E-state index contributed by atoms with van der Waals surface area (Å²) in [5, 5.41) is 0. The van der Waals surface area contributed by atoms with E-state index in [1.54, 1.807) is 11.8 Å². The second-order valence-corrected chi connectivity index (χ2v) is 7.72. The summed E-state index contributed by atoms with van der Waals surface area (Å²) < 4.78 is 0. The van der Waals surface area contributed by atoms with Crippen molar-refractivity contribution in [2.45, 2.75) is 25.3 Å². The summed E-state index contributed by atoms with van der Waals surface area (Å²) in [5.74, 6) is 1.28. The number of piperazine rings is 1. The molecule has 1 aromatic rings. The minimum atomic E-state index is 0.344. The van der Waals surface area contributed by atoms with Crippen molar-refractivity contribution in [3.63, 3.8) is 0 Å². The van der Waals surface area contributed by atoms with Crippen molar-refractivity contribution >= 4 is 23.4 Å². The maximum Gasteiger partial charge on any atom is 0.223 e. The number of amides is 1. The van der Waals surface area contributed by atoms with E-state index in [9.17, 15) is 4.79 Å². The van der Waals surface area contributed by atoms with Crippen LogP contribution in [-0.2, 0) is 4.79 Å². The van der Waals surface area contributed by atoms with Gasteiger partial charge in [0.15, 0.2) is 0 Å². The lowest BCUT2D eigenvalue weighted by molar-refractivity contribution is -0.132. The average molecular weight is 348 g/mol. The molecule has 24 heavy (non-hydrogen) atoms. The number of piperidine rings is 1.